The summed E-state index contributed by atoms with van der Waals surface area (Å²) >= 11 is 0. The van der Waals surface area contributed by atoms with Crippen LogP contribution < -0.4 is 5.30 Å². The van der Waals surface area contributed by atoms with E-state index in [-0.39, 0.29) is 5.41 Å². The fraction of sp³-hybridized carbons (Fsp3) is 0.192. The van der Waals surface area contributed by atoms with Crippen molar-refractivity contribution in [1.29, 1.82) is 0 Å². The van der Waals surface area contributed by atoms with E-state index in [1.807, 2.05) is 67.7 Å². The first-order valence-corrected chi connectivity index (χ1v) is 12.3. The van der Waals surface area contributed by atoms with Gasteiger partial charge in [-0.1, -0.05) is 36.4 Å². The molecule has 2 aromatic carbocycles. The monoisotopic (exact) mass is 453 g/mol. The summed E-state index contributed by atoms with van der Waals surface area (Å²) < 4.78 is 3.98. The number of fused-ring (bicyclic) bond motifs is 2. The molecule has 6 nitrogen and oxygen atoms in total. The van der Waals surface area contributed by atoms with Crippen molar-refractivity contribution in [3.05, 3.63) is 90.6 Å². The first-order chi connectivity index (χ1) is 16.0. The Morgan fingerprint density at radius 2 is 1.73 bits per heavy atom. The first-order valence-electron chi connectivity index (χ1n) is 11.0. The van der Waals surface area contributed by atoms with Crippen LogP contribution in [0.1, 0.15) is 24.1 Å². The van der Waals surface area contributed by atoms with Crippen LogP contribution >= 0.6 is 8.30 Å². The smallest absolute Gasteiger partial charge is 0.233 e. The van der Waals surface area contributed by atoms with Crippen molar-refractivity contribution < 1.29 is 4.89 Å². The molecule has 0 saturated heterocycles. The van der Waals surface area contributed by atoms with Crippen molar-refractivity contribution >= 4 is 30.3 Å². The Kier molecular flexibility index (Phi) is 4.77. The molecule has 1 saturated carbocycles. The maximum Gasteiger partial charge on any atom is 0.233 e. The third-order valence-electron chi connectivity index (χ3n) is 6.57. The number of nitrogens with zero attached hydrogens (tertiary/aromatic N) is 5. The molecule has 1 aliphatic rings. The number of hydrogen-bond donors (Lipinski definition) is 1. The molecule has 0 spiro atoms. The van der Waals surface area contributed by atoms with Crippen LogP contribution in [0, 0.1) is 0 Å². The van der Waals surface area contributed by atoms with Crippen molar-refractivity contribution in [3.63, 3.8) is 0 Å². The maximum absolute atomic E-state index is 10.3. The lowest BCUT2D eigenvalue weighted by atomic mass is 9.91. The summed E-state index contributed by atoms with van der Waals surface area (Å²) in [5.41, 5.74) is 5.56. The van der Waals surface area contributed by atoms with Gasteiger partial charge in [0.1, 0.15) is 8.30 Å². The number of aromatic nitrogens is 4. The molecule has 7 heteroatoms. The molecule has 6 rings (SSSR count). The average Bonchev–Trinajstić information content (AvgIpc) is 3.55. The molecule has 3 heterocycles. The summed E-state index contributed by atoms with van der Waals surface area (Å²) in [7, 11) is 2.48. The Bertz CT molecular complexity index is 1470. The van der Waals surface area contributed by atoms with Gasteiger partial charge in [-0.25, -0.2) is 9.97 Å². The average molecular weight is 453 g/mol. The van der Waals surface area contributed by atoms with Gasteiger partial charge in [-0.2, -0.15) is 0 Å². The normalized spacial score (nSPS) is 15.9. The van der Waals surface area contributed by atoms with Gasteiger partial charge in [-0.15, -0.1) is 0 Å². The number of imidazole rings is 1. The zero-order valence-electron chi connectivity index (χ0n) is 18.6. The minimum atomic E-state index is -1.29. The van der Waals surface area contributed by atoms with Crippen molar-refractivity contribution in [2.24, 2.45) is 0 Å². The fourth-order valence-corrected chi connectivity index (χ4v) is 5.46. The van der Waals surface area contributed by atoms with Gasteiger partial charge in [-0.3, -0.25) is 14.1 Å². The molecule has 0 aliphatic heterocycles. The van der Waals surface area contributed by atoms with Crippen LogP contribution in [0.25, 0.3) is 27.8 Å². The molecule has 33 heavy (non-hydrogen) atoms. The SMILES string of the molecule is CN(C)P(O)c1ccc(-c2cnc3ncc(C4(c5ccc6ncccc6c5)CC4)n3c2)cc1. The van der Waals surface area contributed by atoms with E-state index in [1.54, 1.807) is 0 Å². The van der Waals surface area contributed by atoms with Crippen molar-refractivity contribution in [2.45, 2.75) is 18.3 Å². The van der Waals surface area contributed by atoms with Crippen LogP contribution in [0.5, 0.6) is 0 Å². The molecule has 1 fully saturated rings. The summed E-state index contributed by atoms with van der Waals surface area (Å²) in [4.78, 5) is 24.1. The molecule has 1 atom stereocenters. The van der Waals surface area contributed by atoms with Gasteiger partial charge in [0, 0.05) is 40.3 Å². The van der Waals surface area contributed by atoms with Crippen LogP contribution in [-0.2, 0) is 5.41 Å². The van der Waals surface area contributed by atoms with Gasteiger partial charge >= 0.3 is 0 Å². The van der Waals surface area contributed by atoms with E-state index in [0.29, 0.717) is 5.78 Å². The molecule has 164 valence electrons. The Morgan fingerprint density at radius 1 is 0.939 bits per heavy atom. The Labute approximate surface area is 193 Å². The largest absolute Gasteiger partial charge is 0.356 e. The molecule has 0 amide bonds. The molecule has 0 radical (unpaired) electrons. The second-order valence-electron chi connectivity index (χ2n) is 8.83. The fourth-order valence-electron chi connectivity index (χ4n) is 4.59. The summed E-state index contributed by atoms with van der Waals surface area (Å²) in [5, 5.41) is 2.09. The van der Waals surface area contributed by atoms with Gasteiger partial charge in [0.25, 0.3) is 0 Å². The van der Waals surface area contributed by atoms with Gasteiger partial charge in [-0.05, 0) is 56.3 Å². The molecule has 5 aromatic rings. The number of rotatable bonds is 5. The van der Waals surface area contributed by atoms with E-state index in [4.69, 9.17) is 0 Å². The zero-order chi connectivity index (χ0) is 22.6. The quantitative estimate of drug-likeness (QED) is 0.397. The summed E-state index contributed by atoms with van der Waals surface area (Å²) in [6, 6.07) is 18.8. The van der Waals surface area contributed by atoms with Crippen LogP contribution in [0.3, 0.4) is 0 Å². The molecule has 1 unspecified atom stereocenters. The molecular formula is C26H24N5OP. The molecule has 3 aromatic heterocycles. The minimum Gasteiger partial charge on any atom is -0.356 e. The summed E-state index contributed by atoms with van der Waals surface area (Å²) in [5.74, 6) is 0.714. The first kappa shape index (κ1) is 20.4. The highest BCUT2D eigenvalue weighted by molar-refractivity contribution is 7.57. The predicted molar refractivity (Wildman–Crippen MR) is 133 cm³/mol. The number of hydrogen-bond acceptors (Lipinski definition) is 5. The van der Waals surface area contributed by atoms with E-state index in [2.05, 4.69) is 49.8 Å². The van der Waals surface area contributed by atoms with Gasteiger partial charge < -0.3 is 4.89 Å². The summed E-state index contributed by atoms with van der Waals surface area (Å²) in [6.07, 6.45) is 10.0. The lowest BCUT2D eigenvalue weighted by molar-refractivity contribution is 0.540. The molecular weight excluding hydrogens is 429 g/mol. The Morgan fingerprint density at radius 3 is 2.48 bits per heavy atom. The Balaban J connectivity index is 1.40. The Hall–Kier alpha value is -3.18. The van der Waals surface area contributed by atoms with Gasteiger partial charge in [0.15, 0.2) is 0 Å². The van der Waals surface area contributed by atoms with E-state index >= 15 is 0 Å². The van der Waals surface area contributed by atoms with Crippen LogP contribution in [-0.4, -0.2) is 43.0 Å². The van der Waals surface area contributed by atoms with Crippen molar-refractivity contribution in [2.75, 3.05) is 14.1 Å². The predicted octanol–water partition coefficient (Wildman–Crippen LogP) is 4.52. The second kappa shape index (κ2) is 7.70. The highest BCUT2D eigenvalue weighted by Crippen LogP contribution is 2.53. The summed E-state index contributed by atoms with van der Waals surface area (Å²) in [6.45, 7) is 0. The molecule has 1 aliphatic carbocycles. The van der Waals surface area contributed by atoms with E-state index in [1.165, 1.54) is 11.3 Å². The second-order valence-corrected chi connectivity index (χ2v) is 10.7. The van der Waals surface area contributed by atoms with Crippen molar-refractivity contribution in [3.8, 4) is 11.1 Å². The highest BCUT2D eigenvalue weighted by Gasteiger charge is 2.48. The lowest BCUT2D eigenvalue weighted by Crippen LogP contribution is -2.13. The van der Waals surface area contributed by atoms with Crippen LogP contribution in [0.4, 0.5) is 0 Å². The number of benzene rings is 2. The van der Waals surface area contributed by atoms with Crippen molar-refractivity contribution in [1.82, 2.24) is 24.0 Å². The van der Waals surface area contributed by atoms with Crippen LogP contribution in [0.15, 0.2) is 79.4 Å². The minimum absolute atomic E-state index is 0.0357. The number of pyridine rings is 1. The topological polar surface area (TPSA) is 66.5 Å². The highest BCUT2D eigenvalue weighted by atomic mass is 31.2. The van der Waals surface area contributed by atoms with Gasteiger partial charge in [0.2, 0.25) is 5.78 Å². The third kappa shape index (κ3) is 3.42. The third-order valence-corrected chi connectivity index (χ3v) is 8.09. The molecule has 1 N–H and O–H groups in total. The van der Waals surface area contributed by atoms with Crippen LogP contribution in [0.2, 0.25) is 0 Å². The maximum atomic E-state index is 10.3. The van der Waals surface area contributed by atoms with Gasteiger partial charge in [0.05, 0.1) is 17.4 Å². The van der Waals surface area contributed by atoms with E-state index < -0.39 is 8.30 Å². The van der Waals surface area contributed by atoms with E-state index in [9.17, 15) is 4.89 Å². The standard InChI is InChI=1S/C26H24N5OP/c1-30(2)33(32)22-8-5-18(6-9-22)20-15-28-25-29-16-24(31(25)17-20)26(11-12-26)21-7-10-23-19(14-21)4-3-13-27-23/h3-10,13-17,32H,11-12H2,1-2H3. The molecule has 0 bridgehead atoms. The lowest BCUT2D eigenvalue weighted by Gasteiger charge is -2.18. The zero-order valence-corrected chi connectivity index (χ0v) is 19.4. The van der Waals surface area contributed by atoms with E-state index in [0.717, 1.165) is 40.2 Å².